The van der Waals surface area contributed by atoms with Crippen LogP contribution in [0, 0.1) is 0 Å². The van der Waals surface area contributed by atoms with Crippen LogP contribution in [0.15, 0.2) is 41.4 Å². The SMILES string of the molecule is C1=Nc2c(ccc3ccccc23)OC1.CC. The fraction of sp³-hybridized carbons (Fsp3) is 0.214. The summed E-state index contributed by atoms with van der Waals surface area (Å²) in [5.74, 6) is 0.881. The lowest BCUT2D eigenvalue weighted by atomic mass is 10.1. The Morgan fingerprint density at radius 2 is 1.88 bits per heavy atom. The molecule has 3 rings (SSSR count). The van der Waals surface area contributed by atoms with Gasteiger partial charge in [-0.25, -0.2) is 0 Å². The van der Waals surface area contributed by atoms with E-state index in [0.717, 1.165) is 16.8 Å². The third-order valence-corrected chi connectivity index (χ3v) is 2.40. The second kappa shape index (κ2) is 4.79. The van der Waals surface area contributed by atoms with E-state index in [2.05, 4.69) is 23.2 Å². The van der Waals surface area contributed by atoms with Gasteiger partial charge in [0.2, 0.25) is 0 Å². The number of aliphatic imine (C=N–C) groups is 1. The molecule has 0 radical (unpaired) electrons. The minimum atomic E-state index is 0.575. The van der Waals surface area contributed by atoms with E-state index in [4.69, 9.17) is 4.74 Å². The lowest BCUT2D eigenvalue weighted by Crippen LogP contribution is -2.02. The zero-order valence-electron chi connectivity index (χ0n) is 9.60. The molecule has 2 aromatic carbocycles. The van der Waals surface area contributed by atoms with Crippen molar-refractivity contribution < 1.29 is 4.74 Å². The molecule has 0 saturated heterocycles. The van der Waals surface area contributed by atoms with Crippen LogP contribution in [0.4, 0.5) is 5.69 Å². The van der Waals surface area contributed by atoms with Crippen LogP contribution in [-0.4, -0.2) is 12.8 Å². The first-order valence-corrected chi connectivity index (χ1v) is 5.62. The van der Waals surface area contributed by atoms with Crippen LogP contribution in [0.3, 0.4) is 0 Å². The Kier molecular flexibility index (Phi) is 3.20. The molecular weight excluding hydrogens is 198 g/mol. The van der Waals surface area contributed by atoms with Crippen molar-refractivity contribution in [3.63, 3.8) is 0 Å². The highest BCUT2D eigenvalue weighted by molar-refractivity contribution is 5.97. The predicted molar refractivity (Wildman–Crippen MR) is 68.9 cm³/mol. The molecule has 82 valence electrons. The standard InChI is InChI=1S/C12H9NO.C2H6/c1-2-4-10-9(3-1)5-6-11-12(10)13-7-8-14-11;1-2/h1-7H,8H2;1-2H3. The number of hydrogen-bond donors (Lipinski definition) is 0. The third kappa shape index (κ3) is 1.78. The van der Waals surface area contributed by atoms with Gasteiger partial charge < -0.3 is 4.74 Å². The minimum Gasteiger partial charge on any atom is -0.486 e. The van der Waals surface area contributed by atoms with Gasteiger partial charge in [0.25, 0.3) is 0 Å². The van der Waals surface area contributed by atoms with Crippen LogP contribution in [0.5, 0.6) is 5.75 Å². The first kappa shape index (κ1) is 10.7. The van der Waals surface area contributed by atoms with E-state index in [-0.39, 0.29) is 0 Å². The van der Waals surface area contributed by atoms with Gasteiger partial charge in [0.1, 0.15) is 18.0 Å². The molecule has 0 N–H and O–H groups in total. The van der Waals surface area contributed by atoms with Gasteiger partial charge in [-0.15, -0.1) is 0 Å². The lowest BCUT2D eigenvalue weighted by Gasteiger charge is -2.13. The molecule has 0 saturated carbocycles. The van der Waals surface area contributed by atoms with Crippen molar-refractivity contribution in [3.8, 4) is 5.75 Å². The van der Waals surface area contributed by atoms with Crippen molar-refractivity contribution >= 4 is 22.7 Å². The molecule has 1 aliphatic heterocycles. The number of rotatable bonds is 0. The molecule has 16 heavy (non-hydrogen) atoms. The maximum atomic E-state index is 5.48. The summed E-state index contributed by atoms with van der Waals surface area (Å²) < 4.78 is 5.48. The number of hydrogen-bond acceptors (Lipinski definition) is 2. The number of fused-ring (bicyclic) bond motifs is 3. The average molecular weight is 213 g/mol. The van der Waals surface area contributed by atoms with E-state index in [0.29, 0.717) is 6.61 Å². The van der Waals surface area contributed by atoms with E-state index in [1.165, 1.54) is 5.39 Å². The number of benzene rings is 2. The summed E-state index contributed by atoms with van der Waals surface area (Å²) in [6.07, 6.45) is 1.80. The quantitative estimate of drug-likeness (QED) is 0.649. The van der Waals surface area contributed by atoms with Crippen LogP contribution < -0.4 is 4.74 Å². The highest BCUT2D eigenvalue weighted by atomic mass is 16.5. The molecular formula is C14H15NO. The van der Waals surface area contributed by atoms with E-state index in [9.17, 15) is 0 Å². The van der Waals surface area contributed by atoms with Gasteiger partial charge in [-0.3, -0.25) is 4.99 Å². The Morgan fingerprint density at radius 1 is 1.06 bits per heavy atom. The van der Waals surface area contributed by atoms with Crippen molar-refractivity contribution in [3.05, 3.63) is 36.4 Å². The van der Waals surface area contributed by atoms with Gasteiger partial charge in [0.15, 0.2) is 0 Å². The van der Waals surface area contributed by atoms with Gasteiger partial charge >= 0.3 is 0 Å². The Balaban J connectivity index is 0.000000457. The number of ether oxygens (including phenoxy) is 1. The summed E-state index contributed by atoms with van der Waals surface area (Å²) in [6.45, 7) is 4.57. The second-order valence-corrected chi connectivity index (χ2v) is 3.26. The Hall–Kier alpha value is -1.83. The molecule has 0 fully saturated rings. The van der Waals surface area contributed by atoms with Gasteiger partial charge in [0, 0.05) is 11.6 Å². The van der Waals surface area contributed by atoms with Crippen LogP contribution in [0.25, 0.3) is 10.8 Å². The van der Waals surface area contributed by atoms with Crippen molar-refractivity contribution in [2.75, 3.05) is 6.61 Å². The van der Waals surface area contributed by atoms with Gasteiger partial charge in [-0.2, -0.15) is 0 Å². The van der Waals surface area contributed by atoms with Crippen LogP contribution in [-0.2, 0) is 0 Å². The van der Waals surface area contributed by atoms with Gasteiger partial charge in [0.05, 0.1) is 0 Å². The Bertz CT molecular complexity index is 517. The van der Waals surface area contributed by atoms with E-state index in [1.54, 1.807) is 6.21 Å². The monoisotopic (exact) mass is 213 g/mol. The Morgan fingerprint density at radius 3 is 2.75 bits per heavy atom. The molecule has 0 spiro atoms. The fourth-order valence-electron chi connectivity index (χ4n) is 1.74. The third-order valence-electron chi connectivity index (χ3n) is 2.40. The van der Waals surface area contributed by atoms with Gasteiger partial charge in [-0.05, 0) is 11.5 Å². The molecule has 0 bridgehead atoms. The van der Waals surface area contributed by atoms with E-state index in [1.807, 2.05) is 32.0 Å². The summed E-state index contributed by atoms with van der Waals surface area (Å²) in [4.78, 5) is 4.37. The molecule has 1 heterocycles. The zero-order chi connectivity index (χ0) is 11.4. The van der Waals surface area contributed by atoms with Crippen LogP contribution in [0.2, 0.25) is 0 Å². The first-order chi connectivity index (χ1) is 7.95. The lowest BCUT2D eigenvalue weighted by molar-refractivity contribution is 0.377. The predicted octanol–water partition coefficient (Wildman–Crippen LogP) is 3.96. The molecule has 0 aromatic heterocycles. The molecule has 2 aromatic rings. The highest BCUT2D eigenvalue weighted by Crippen LogP contribution is 2.36. The highest BCUT2D eigenvalue weighted by Gasteiger charge is 2.09. The summed E-state index contributed by atoms with van der Waals surface area (Å²) in [5.41, 5.74) is 0.953. The maximum absolute atomic E-state index is 5.48. The summed E-state index contributed by atoms with van der Waals surface area (Å²) >= 11 is 0. The topological polar surface area (TPSA) is 21.6 Å². The minimum absolute atomic E-state index is 0.575. The molecule has 0 unspecified atom stereocenters. The van der Waals surface area contributed by atoms with Crippen molar-refractivity contribution in [2.24, 2.45) is 4.99 Å². The largest absolute Gasteiger partial charge is 0.486 e. The fourth-order valence-corrected chi connectivity index (χ4v) is 1.74. The normalized spacial score (nSPS) is 12.4. The smallest absolute Gasteiger partial charge is 0.146 e. The summed E-state index contributed by atoms with van der Waals surface area (Å²) in [6, 6.07) is 12.2. The van der Waals surface area contributed by atoms with Gasteiger partial charge in [-0.1, -0.05) is 44.2 Å². The summed E-state index contributed by atoms with van der Waals surface area (Å²) in [5, 5.41) is 2.36. The summed E-state index contributed by atoms with van der Waals surface area (Å²) in [7, 11) is 0. The van der Waals surface area contributed by atoms with Crippen molar-refractivity contribution in [2.45, 2.75) is 13.8 Å². The number of nitrogens with zero attached hydrogens (tertiary/aromatic N) is 1. The molecule has 1 aliphatic rings. The van der Waals surface area contributed by atoms with Crippen LogP contribution >= 0.6 is 0 Å². The van der Waals surface area contributed by atoms with E-state index >= 15 is 0 Å². The second-order valence-electron chi connectivity index (χ2n) is 3.26. The average Bonchev–Trinajstić information content (AvgIpc) is 2.41. The van der Waals surface area contributed by atoms with Crippen molar-refractivity contribution in [1.29, 1.82) is 0 Å². The van der Waals surface area contributed by atoms with Crippen LogP contribution in [0.1, 0.15) is 13.8 Å². The Labute approximate surface area is 95.6 Å². The van der Waals surface area contributed by atoms with Crippen molar-refractivity contribution in [1.82, 2.24) is 0 Å². The maximum Gasteiger partial charge on any atom is 0.146 e. The van der Waals surface area contributed by atoms with E-state index < -0.39 is 0 Å². The first-order valence-electron chi connectivity index (χ1n) is 5.62. The molecule has 0 amide bonds. The molecule has 2 heteroatoms. The molecule has 2 nitrogen and oxygen atoms in total. The molecule has 0 atom stereocenters. The zero-order valence-corrected chi connectivity index (χ0v) is 9.60. The molecule has 0 aliphatic carbocycles.